The zero-order valence-electron chi connectivity index (χ0n) is 40.1. The number of ether oxygens (including phenoxy) is 1. The van der Waals surface area contributed by atoms with Gasteiger partial charge in [-0.1, -0.05) is 80.4 Å². The maximum Gasteiger partial charge on any atom is 0.329 e. The number of aliphatic hydroxyl groups excluding tert-OH is 1. The minimum absolute atomic E-state index is 0.0157. The topological polar surface area (TPSA) is 284 Å². The van der Waals surface area contributed by atoms with Crippen LogP contribution >= 0.6 is 0 Å². The highest BCUT2D eigenvalue weighted by Gasteiger charge is 2.47. The van der Waals surface area contributed by atoms with Crippen LogP contribution in [0.3, 0.4) is 0 Å². The molecule has 2 fully saturated rings. The van der Waals surface area contributed by atoms with E-state index in [1.807, 2.05) is 0 Å². The van der Waals surface area contributed by atoms with E-state index < -0.39 is 120 Å². The predicted octanol–water partition coefficient (Wildman–Crippen LogP) is 1.59. The van der Waals surface area contributed by atoms with Gasteiger partial charge in [0.1, 0.15) is 60.1 Å². The molecule has 3 unspecified atom stereocenters. The number of hydrogen-bond donors (Lipinski definition) is 7. The number of rotatable bonds is 16. The lowest BCUT2D eigenvalue weighted by molar-refractivity contribution is -0.168. The number of primary amides is 1. The number of aromatic hydroxyl groups is 1. The van der Waals surface area contributed by atoms with Crippen LogP contribution in [0.25, 0.3) is 0 Å². The van der Waals surface area contributed by atoms with Crippen LogP contribution in [0.2, 0.25) is 0 Å². The van der Waals surface area contributed by atoms with Crippen molar-refractivity contribution in [3.05, 3.63) is 29.8 Å². The van der Waals surface area contributed by atoms with Crippen LogP contribution in [0, 0.1) is 29.6 Å². The Bertz CT molecular complexity index is 1910. The Kier molecular flexibility index (Phi) is 20.6. The van der Waals surface area contributed by atoms with Gasteiger partial charge in [0.2, 0.25) is 41.4 Å². The van der Waals surface area contributed by atoms with E-state index in [1.165, 1.54) is 31.0 Å². The summed E-state index contributed by atoms with van der Waals surface area (Å²) >= 11 is 0. The number of aliphatic hydroxyl groups is 1. The molecule has 2 saturated heterocycles. The first kappa shape index (κ1) is 54.7. The van der Waals surface area contributed by atoms with Gasteiger partial charge in [-0.2, -0.15) is 0 Å². The number of phenolic OH excluding ortho intramolecular Hbond substituents is 1. The molecule has 0 spiro atoms. The maximum atomic E-state index is 14.9. The quantitative estimate of drug-likeness (QED) is 0.117. The first-order valence-corrected chi connectivity index (χ1v) is 23.2. The average Bonchev–Trinajstić information content (AvgIpc) is 3.25. The summed E-state index contributed by atoms with van der Waals surface area (Å²) in [7, 11) is 1.39. The molecular weight excluding hydrogens is 855 g/mol. The van der Waals surface area contributed by atoms with Gasteiger partial charge in [-0.3, -0.25) is 38.4 Å². The van der Waals surface area contributed by atoms with Crippen LogP contribution < -0.4 is 27.0 Å². The lowest BCUT2D eigenvalue weighted by Gasteiger charge is -2.44. The predicted molar refractivity (Wildman–Crippen MR) is 242 cm³/mol. The average molecular weight is 928 g/mol. The van der Waals surface area contributed by atoms with Gasteiger partial charge in [-0.25, -0.2) is 4.79 Å². The molecule has 19 heteroatoms. The van der Waals surface area contributed by atoms with Crippen molar-refractivity contribution >= 4 is 53.1 Å². The number of carbonyl (C=O) groups excluding carboxylic acids is 9. The SMILES string of the molecule is CCC(C)[C@@H]1NC(=O)[C@H](Cc2ccc(O)cc2)N(C)C(=O)[C@H](C(C)CC)N2C(=O)C(CC[C@@H]2O)NC(=O)[C@H](CC(C)C)NC(=O)[C@@H](NC(=O)[C@H](CCC(N)=O)CC(=O)C(C)C)[C@H](C)OC1=O. The maximum absolute atomic E-state index is 14.9. The second-order valence-corrected chi connectivity index (χ2v) is 18.7. The van der Waals surface area contributed by atoms with E-state index in [4.69, 9.17) is 10.5 Å². The highest BCUT2D eigenvalue weighted by atomic mass is 16.5. The molecule has 2 aliphatic rings. The summed E-state index contributed by atoms with van der Waals surface area (Å²) in [6.07, 6.45) is -2.99. The highest BCUT2D eigenvalue weighted by Crippen LogP contribution is 2.28. The number of nitrogens with two attached hydrogens (primary N) is 1. The monoisotopic (exact) mass is 928 g/mol. The molecule has 1 aromatic rings. The Labute approximate surface area is 388 Å². The molecule has 0 saturated carbocycles. The van der Waals surface area contributed by atoms with E-state index in [0.29, 0.717) is 18.4 Å². The number of fused-ring (bicyclic) bond motifs is 2. The van der Waals surface area contributed by atoms with Gasteiger partial charge in [0.05, 0.1) is 0 Å². The first-order valence-electron chi connectivity index (χ1n) is 23.2. The largest absolute Gasteiger partial charge is 0.508 e. The van der Waals surface area contributed by atoms with Crippen molar-refractivity contribution in [3.63, 3.8) is 0 Å². The van der Waals surface area contributed by atoms with E-state index in [1.54, 1.807) is 67.5 Å². The van der Waals surface area contributed by atoms with E-state index in [-0.39, 0.29) is 62.4 Å². The number of hydrogen-bond acceptors (Lipinski definition) is 12. The van der Waals surface area contributed by atoms with Crippen LogP contribution in [0.1, 0.15) is 119 Å². The lowest BCUT2D eigenvalue weighted by Crippen LogP contribution is -2.66. The molecule has 0 radical (unpaired) electrons. The van der Waals surface area contributed by atoms with Crippen molar-refractivity contribution in [2.75, 3.05) is 7.05 Å². The number of piperidine rings is 1. The number of Topliss-reactive ketones (excluding diaryl/α,β-unsaturated/α-hetero) is 1. The summed E-state index contributed by atoms with van der Waals surface area (Å²) in [4.78, 5) is 128. The van der Waals surface area contributed by atoms with E-state index in [0.717, 1.165) is 4.90 Å². The van der Waals surface area contributed by atoms with E-state index >= 15 is 0 Å². The van der Waals surface area contributed by atoms with Gasteiger partial charge in [-0.05, 0) is 68.1 Å². The Morgan fingerprint density at radius 3 is 2.05 bits per heavy atom. The molecule has 7 amide bonds. The van der Waals surface area contributed by atoms with Crippen molar-refractivity contribution < 1.29 is 58.1 Å². The molecule has 19 nitrogen and oxygen atoms in total. The number of phenols is 1. The van der Waals surface area contributed by atoms with Crippen molar-refractivity contribution in [1.82, 2.24) is 31.1 Å². The standard InChI is InChI=1S/C47H73N7O12/c1-11-26(7)38-47(65)66-28(9)39(52-41(59)30(15-19-36(48)57)23-35(56)25(5)6)44(62)50-33(21-24(3)4)42(60)49-32-18-20-37(58)54(45(32)63)40(27(8)12-2)46(64)53(10)34(43(61)51-38)22-29-13-16-31(55)17-14-29/h13-14,16-17,24-28,30,32-34,37-40,55,58H,11-12,15,18-23H2,1-10H3,(H2,48,57)(H,49,60)(H,50,62)(H,51,61)(H,52,59)/t26?,27?,28-,30+,32?,33-,34-,37-,38-,39-,40-/m0/s1. The Hall–Kier alpha value is -5.59. The Morgan fingerprint density at radius 1 is 0.864 bits per heavy atom. The van der Waals surface area contributed by atoms with Crippen LogP contribution in [0.15, 0.2) is 24.3 Å². The van der Waals surface area contributed by atoms with Crippen LogP contribution in [-0.4, -0.2) is 129 Å². The van der Waals surface area contributed by atoms with Crippen LogP contribution in [0.5, 0.6) is 5.75 Å². The molecule has 8 N–H and O–H groups in total. The number of carbonyl (C=O) groups is 9. The molecule has 368 valence electrons. The normalized spacial score (nSPS) is 26.5. The third-order valence-electron chi connectivity index (χ3n) is 12.8. The fourth-order valence-electron chi connectivity index (χ4n) is 8.11. The van der Waals surface area contributed by atoms with Gasteiger partial charge in [0.15, 0.2) is 0 Å². The number of nitrogens with one attached hydrogen (secondary N) is 4. The second-order valence-electron chi connectivity index (χ2n) is 18.7. The molecule has 1 aromatic carbocycles. The fourth-order valence-corrected chi connectivity index (χ4v) is 8.11. The molecular formula is C47H73N7O12. The second kappa shape index (κ2) is 24.8. The number of esters is 1. The lowest BCUT2D eigenvalue weighted by atomic mass is 9.91. The van der Waals surface area contributed by atoms with Gasteiger partial charge in [0.25, 0.3) is 0 Å². The van der Waals surface area contributed by atoms with Gasteiger partial charge >= 0.3 is 5.97 Å². The summed E-state index contributed by atoms with van der Waals surface area (Å²) in [6, 6.07) is -2.31. The molecule has 11 atom stereocenters. The summed E-state index contributed by atoms with van der Waals surface area (Å²) in [6.45, 7) is 15.2. The number of likely N-dealkylation sites (N-methyl/N-ethyl adjacent to an activating group) is 1. The molecule has 0 aromatic heterocycles. The van der Waals surface area contributed by atoms with Crippen LogP contribution in [0.4, 0.5) is 0 Å². The Morgan fingerprint density at radius 2 is 1.48 bits per heavy atom. The molecule has 2 aliphatic heterocycles. The molecule has 2 bridgehead atoms. The molecule has 66 heavy (non-hydrogen) atoms. The zero-order valence-corrected chi connectivity index (χ0v) is 40.1. The number of ketones is 1. The highest BCUT2D eigenvalue weighted by molar-refractivity contribution is 5.98. The number of cyclic esters (lactones) is 1. The summed E-state index contributed by atoms with van der Waals surface area (Å²) < 4.78 is 5.93. The van der Waals surface area contributed by atoms with Crippen LogP contribution in [-0.2, 0) is 54.3 Å². The first-order chi connectivity index (χ1) is 30.9. The van der Waals surface area contributed by atoms with Gasteiger partial charge < -0.3 is 51.8 Å². The number of nitrogens with zero attached hydrogens (tertiary/aromatic N) is 2. The Balaban J connectivity index is 2.27. The molecule has 3 rings (SSSR count). The van der Waals surface area contributed by atoms with Gasteiger partial charge in [-0.15, -0.1) is 0 Å². The van der Waals surface area contributed by atoms with Crippen molar-refractivity contribution in [2.45, 2.75) is 169 Å². The summed E-state index contributed by atoms with van der Waals surface area (Å²) in [5.74, 6) is -9.78. The number of benzene rings is 1. The van der Waals surface area contributed by atoms with Crippen molar-refractivity contribution in [2.24, 2.45) is 35.3 Å². The minimum atomic E-state index is -1.70. The molecule has 2 heterocycles. The minimum Gasteiger partial charge on any atom is -0.508 e. The summed E-state index contributed by atoms with van der Waals surface area (Å²) in [5.41, 5.74) is 5.93. The van der Waals surface area contributed by atoms with Gasteiger partial charge in [0, 0.05) is 38.1 Å². The fraction of sp³-hybridized carbons (Fsp3) is 0.681. The number of amides is 7. The summed E-state index contributed by atoms with van der Waals surface area (Å²) in [5, 5.41) is 32.2. The molecule has 0 aliphatic carbocycles. The smallest absolute Gasteiger partial charge is 0.329 e. The van der Waals surface area contributed by atoms with E-state index in [2.05, 4.69) is 21.3 Å². The zero-order chi connectivity index (χ0) is 49.7. The van der Waals surface area contributed by atoms with Crippen molar-refractivity contribution in [1.29, 1.82) is 0 Å². The van der Waals surface area contributed by atoms with Crippen molar-refractivity contribution in [3.8, 4) is 5.75 Å². The third-order valence-corrected chi connectivity index (χ3v) is 12.8. The van der Waals surface area contributed by atoms with E-state index in [9.17, 15) is 53.4 Å². The third kappa shape index (κ3) is 14.7.